The van der Waals surface area contributed by atoms with Crippen LogP contribution in [-0.4, -0.2) is 10.5 Å². The maximum Gasteiger partial charge on any atom is 0.695 e. The first-order valence-electron chi connectivity index (χ1n) is 3.82. The summed E-state index contributed by atoms with van der Waals surface area (Å²) in [4.78, 5) is 8.55. The zero-order valence-electron chi connectivity index (χ0n) is 7.28. The molecule has 0 saturated heterocycles. The summed E-state index contributed by atoms with van der Waals surface area (Å²) in [6, 6.07) is 1.95. The van der Waals surface area contributed by atoms with E-state index in [4.69, 9.17) is 14.7 Å². The standard InChI is InChI=1S/C7H12NO3P/c1-3-7(4-2,5-6-8)11-12(9)10/h3-5H2,1-2H3/p+1. The lowest BCUT2D eigenvalue weighted by molar-refractivity contribution is 0.0612. The molecule has 0 rings (SSSR count). The summed E-state index contributed by atoms with van der Waals surface area (Å²) in [5.41, 5.74) is -0.739. The van der Waals surface area contributed by atoms with E-state index >= 15 is 0 Å². The van der Waals surface area contributed by atoms with Crippen molar-refractivity contribution in [3.05, 3.63) is 0 Å². The number of hydrogen-bond donors (Lipinski definition) is 1. The fourth-order valence-electron chi connectivity index (χ4n) is 0.971. The van der Waals surface area contributed by atoms with Crippen molar-refractivity contribution in [2.75, 3.05) is 0 Å². The van der Waals surface area contributed by atoms with Crippen molar-refractivity contribution in [1.82, 2.24) is 0 Å². The van der Waals surface area contributed by atoms with Crippen LogP contribution in [0, 0.1) is 11.3 Å². The highest BCUT2D eigenvalue weighted by Crippen LogP contribution is 2.33. The predicted molar refractivity (Wildman–Crippen MR) is 44.5 cm³/mol. The molecule has 4 nitrogen and oxygen atoms in total. The molecule has 0 aromatic heterocycles. The monoisotopic (exact) mass is 190 g/mol. The van der Waals surface area contributed by atoms with Gasteiger partial charge in [0, 0.05) is 4.57 Å². The Hall–Kier alpha value is -0.490. The number of rotatable bonds is 5. The summed E-state index contributed by atoms with van der Waals surface area (Å²) in [7, 11) is -2.61. The Bertz CT molecular complexity index is 195. The first-order chi connectivity index (χ1) is 5.60. The molecule has 0 fully saturated rings. The Labute approximate surface area is 73.1 Å². The molecule has 68 valence electrons. The lowest BCUT2D eigenvalue weighted by Crippen LogP contribution is -2.27. The maximum absolute atomic E-state index is 10.4. The van der Waals surface area contributed by atoms with Gasteiger partial charge in [-0.2, -0.15) is 5.26 Å². The zero-order valence-corrected chi connectivity index (χ0v) is 8.17. The molecule has 0 aliphatic carbocycles. The highest BCUT2D eigenvalue weighted by Gasteiger charge is 2.37. The van der Waals surface area contributed by atoms with Crippen LogP contribution in [0.4, 0.5) is 0 Å². The number of hydrogen-bond acceptors (Lipinski definition) is 3. The van der Waals surface area contributed by atoms with Crippen molar-refractivity contribution in [2.24, 2.45) is 0 Å². The first kappa shape index (κ1) is 11.5. The Morgan fingerprint density at radius 3 is 2.33 bits per heavy atom. The average molecular weight is 190 g/mol. The van der Waals surface area contributed by atoms with E-state index in [1.165, 1.54) is 0 Å². The summed E-state index contributed by atoms with van der Waals surface area (Å²) in [5, 5.41) is 8.47. The van der Waals surface area contributed by atoms with Crippen LogP contribution in [0.2, 0.25) is 0 Å². The van der Waals surface area contributed by atoms with Crippen molar-refractivity contribution < 1.29 is 14.0 Å². The van der Waals surface area contributed by atoms with Crippen LogP contribution in [0.3, 0.4) is 0 Å². The normalized spacial score (nSPS) is 12.3. The van der Waals surface area contributed by atoms with Gasteiger partial charge in [-0.05, 0) is 12.8 Å². The van der Waals surface area contributed by atoms with Crippen LogP contribution < -0.4 is 0 Å². The van der Waals surface area contributed by atoms with Crippen molar-refractivity contribution in [3.63, 3.8) is 0 Å². The molecule has 0 aromatic carbocycles. The van der Waals surface area contributed by atoms with E-state index in [0.717, 1.165) is 0 Å². The lowest BCUT2D eigenvalue weighted by Gasteiger charge is -2.20. The molecule has 0 saturated carbocycles. The van der Waals surface area contributed by atoms with E-state index < -0.39 is 13.9 Å². The molecular weight excluding hydrogens is 177 g/mol. The third-order valence-electron chi connectivity index (χ3n) is 1.96. The fourth-order valence-corrected chi connectivity index (χ4v) is 1.63. The molecule has 0 amide bonds. The molecule has 1 N–H and O–H groups in total. The quantitative estimate of drug-likeness (QED) is 0.674. The summed E-state index contributed by atoms with van der Waals surface area (Å²) in [5.74, 6) is 0. The van der Waals surface area contributed by atoms with E-state index in [2.05, 4.69) is 0 Å². The first-order valence-corrected chi connectivity index (χ1v) is 4.95. The number of nitriles is 1. The second-order valence-electron chi connectivity index (χ2n) is 2.55. The molecule has 0 aliphatic rings. The Morgan fingerprint density at radius 2 is 2.08 bits per heavy atom. The maximum atomic E-state index is 10.4. The molecular formula is C7H13NO3P+. The van der Waals surface area contributed by atoms with Gasteiger partial charge in [-0.3, -0.25) is 0 Å². The lowest BCUT2D eigenvalue weighted by atomic mass is 9.94. The SMILES string of the molecule is CCC(CC)(CC#N)O[P+](=O)O. The predicted octanol–water partition coefficient (Wildman–Crippen LogP) is 2.13. The minimum atomic E-state index is -2.61. The van der Waals surface area contributed by atoms with Crippen molar-refractivity contribution >= 4 is 8.25 Å². The molecule has 0 bridgehead atoms. The molecule has 1 atom stereocenters. The highest BCUT2D eigenvalue weighted by molar-refractivity contribution is 7.32. The van der Waals surface area contributed by atoms with Gasteiger partial charge in [-0.1, -0.05) is 13.8 Å². The van der Waals surface area contributed by atoms with Gasteiger partial charge in [0.15, 0.2) is 0 Å². The van der Waals surface area contributed by atoms with Gasteiger partial charge >= 0.3 is 8.25 Å². The van der Waals surface area contributed by atoms with Gasteiger partial charge in [0.1, 0.15) is 5.60 Å². The highest BCUT2D eigenvalue weighted by atomic mass is 31.1. The summed E-state index contributed by atoms with van der Waals surface area (Å²) < 4.78 is 15.2. The summed E-state index contributed by atoms with van der Waals surface area (Å²) >= 11 is 0. The van der Waals surface area contributed by atoms with Crippen LogP contribution in [-0.2, 0) is 9.09 Å². The van der Waals surface area contributed by atoms with Crippen molar-refractivity contribution in [1.29, 1.82) is 5.26 Å². The zero-order chi connectivity index (χ0) is 9.61. The van der Waals surface area contributed by atoms with Crippen LogP contribution in [0.15, 0.2) is 0 Å². The van der Waals surface area contributed by atoms with E-state index in [9.17, 15) is 4.57 Å². The minimum Gasteiger partial charge on any atom is -0.198 e. The van der Waals surface area contributed by atoms with Gasteiger partial charge in [-0.15, -0.1) is 9.42 Å². The van der Waals surface area contributed by atoms with Gasteiger partial charge in [-0.25, -0.2) is 0 Å². The van der Waals surface area contributed by atoms with Gasteiger partial charge in [0.05, 0.1) is 12.5 Å². The van der Waals surface area contributed by atoms with Crippen molar-refractivity contribution in [3.8, 4) is 6.07 Å². The molecule has 12 heavy (non-hydrogen) atoms. The molecule has 5 heteroatoms. The topological polar surface area (TPSA) is 70.3 Å². The van der Waals surface area contributed by atoms with E-state index in [1.807, 2.05) is 19.9 Å². The molecule has 0 spiro atoms. The van der Waals surface area contributed by atoms with Gasteiger partial charge < -0.3 is 0 Å². The molecule has 0 aromatic rings. The van der Waals surface area contributed by atoms with E-state index in [0.29, 0.717) is 12.8 Å². The molecule has 1 unspecified atom stereocenters. The van der Waals surface area contributed by atoms with Crippen LogP contribution in [0.5, 0.6) is 0 Å². The number of nitrogens with zero attached hydrogens (tertiary/aromatic N) is 1. The fraction of sp³-hybridized carbons (Fsp3) is 0.857. The smallest absolute Gasteiger partial charge is 0.198 e. The van der Waals surface area contributed by atoms with Crippen LogP contribution in [0.1, 0.15) is 33.1 Å². The molecule has 0 heterocycles. The molecule has 0 aliphatic heterocycles. The summed E-state index contributed by atoms with van der Waals surface area (Å²) in [6.07, 6.45) is 1.29. The second-order valence-corrected chi connectivity index (χ2v) is 3.21. The van der Waals surface area contributed by atoms with E-state index in [-0.39, 0.29) is 6.42 Å². The van der Waals surface area contributed by atoms with Crippen LogP contribution in [0.25, 0.3) is 0 Å². The average Bonchev–Trinajstić information content (AvgIpc) is 2.03. The molecule has 0 radical (unpaired) electrons. The summed E-state index contributed by atoms with van der Waals surface area (Å²) in [6.45, 7) is 3.67. The second kappa shape index (κ2) is 5.21. The Morgan fingerprint density at radius 1 is 1.58 bits per heavy atom. The Kier molecular flexibility index (Phi) is 5.00. The van der Waals surface area contributed by atoms with Crippen molar-refractivity contribution in [2.45, 2.75) is 38.7 Å². The van der Waals surface area contributed by atoms with Crippen LogP contribution >= 0.6 is 8.25 Å². The van der Waals surface area contributed by atoms with Gasteiger partial charge in [0.25, 0.3) is 0 Å². The van der Waals surface area contributed by atoms with E-state index in [1.54, 1.807) is 0 Å². The largest absolute Gasteiger partial charge is 0.695 e. The minimum absolute atomic E-state index is 0.154. The van der Waals surface area contributed by atoms with Gasteiger partial charge in [0.2, 0.25) is 0 Å². The third kappa shape index (κ3) is 3.27. The Balaban J connectivity index is 4.36. The third-order valence-corrected chi connectivity index (χ3v) is 2.51.